The Bertz CT molecular complexity index is 76.6. The SMILES string of the molecule is [CH2]CCCCC(=C)OC. The molecule has 53 valence electrons. The Balaban J connectivity index is 2.97. The minimum absolute atomic E-state index is 0.878. The van der Waals surface area contributed by atoms with Gasteiger partial charge in [0.05, 0.1) is 12.9 Å². The average Bonchev–Trinajstić information content (AvgIpc) is 1.89. The highest BCUT2D eigenvalue weighted by Crippen LogP contribution is 2.05. The van der Waals surface area contributed by atoms with E-state index in [0.29, 0.717) is 0 Å². The van der Waals surface area contributed by atoms with Gasteiger partial charge in [-0.05, 0) is 6.42 Å². The first-order valence-corrected chi connectivity index (χ1v) is 3.32. The second kappa shape index (κ2) is 5.67. The lowest BCUT2D eigenvalue weighted by atomic mass is 10.2. The van der Waals surface area contributed by atoms with Crippen LogP contribution < -0.4 is 0 Å². The fourth-order valence-corrected chi connectivity index (χ4v) is 0.601. The fraction of sp³-hybridized carbons (Fsp3) is 0.625. The van der Waals surface area contributed by atoms with Crippen molar-refractivity contribution in [2.24, 2.45) is 0 Å². The normalized spacial score (nSPS) is 9.11. The molecule has 0 spiro atoms. The van der Waals surface area contributed by atoms with Crippen molar-refractivity contribution >= 4 is 0 Å². The summed E-state index contributed by atoms with van der Waals surface area (Å²) in [6.45, 7) is 7.44. The van der Waals surface area contributed by atoms with Gasteiger partial charge in [0.15, 0.2) is 0 Å². The summed E-state index contributed by atoms with van der Waals surface area (Å²) in [5, 5.41) is 0. The molecule has 0 aromatic heterocycles. The van der Waals surface area contributed by atoms with Crippen molar-refractivity contribution in [1.29, 1.82) is 0 Å². The van der Waals surface area contributed by atoms with E-state index in [-0.39, 0.29) is 0 Å². The van der Waals surface area contributed by atoms with Crippen LogP contribution in [0.25, 0.3) is 0 Å². The molecule has 0 unspecified atom stereocenters. The Hall–Kier alpha value is -0.460. The number of hydrogen-bond donors (Lipinski definition) is 0. The molecule has 0 N–H and O–H groups in total. The number of hydrogen-bond acceptors (Lipinski definition) is 1. The predicted octanol–water partition coefficient (Wildman–Crippen LogP) is 2.54. The summed E-state index contributed by atoms with van der Waals surface area (Å²) in [5.74, 6) is 0.878. The molecule has 0 saturated heterocycles. The zero-order valence-electron chi connectivity index (χ0n) is 6.15. The molecule has 0 aliphatic heterocycles. The summed E-state index contributed by atoms with van der Waals surface area (Å²) in [6.07, 6.45) is 4.31. The second-order valence-corrected chi connectivity index (χ2v) is 2.05. The van der Waals surface area contributed by atoms with Gasteiger partial charge in [0.2, 0.25) is 0 Å². The van der Waals surface area contributed by atoms with Crippen molar-refractivity contribution in [3.8, 4) is 0 Å². The highest BCUT2D eigenvalue weighted by atomic mass is 16.5. The molecule has 0 aromatic rings. The number of methoxy groups -OCH3 is 1. The Morgan fingerprint density at radius 3 is 2.56 bits per heavy atom. The van der Waals surface area contributed by atoms with Crippen molar-refractivity contribution in [3.63, 3.8) is 0 Å². The van der Waals surface area contributed by atoms with Crippen molar-refractivity contribution in [2.45, 2.75) is 25.7 Å². The molecule has 0 aromatic carbocycles. The van der Waals surface area contributed by atoms with Gasteiger partial charge >= 0.3 is 0 Å². The van der Waals surface area contributed by atoms with Gasteiger partial charge in [0, 0.05) is 6.42 Å². The molecule has 1 nitrogen and oxygen atoms in total. The highest BCUT2D eigenvalue weighted by molar-refractivity contribution is 4.80. The maximum Gasteiger partial charge on any atom is 0.0883 e. The number of rotatable bonds is 5. The summed E-state index contributed by atoms with van der Waals surface area (Å²) < 4.78 is 4.88. The van der Waals surface area contributed by atoms with E-state index in [0.717, 1.165) is 25.0 Å². The van der Waals surface area contributed by atoms with Crippen LogP contribution in [0, 0.1) is 6.92 Å². The van der Waals surface area contributed by atoms with Crippen LogP contribution in [0.5, 0.6) is 0 Å². The van der Waals surface area contributed by atoms with Crippen LogP contribution in [0.1, 0.15) is 25.7 Å². The Morgan fingerprint density at radius 2 is 2.11 bits per heavy atom. The number of unbranched alkanes of at least 4 members (excludes halogenated alkanes) is 2. The van der Waals surface area contributed by atoms with Crippen molar-refractivity contribution in [2.75, 3.05) is 7.11 Å². The Labute approximate surface area is 57.7 Å². The first-order chi connectivity index (χ1) is 4.31. The van der Waals surface area contributed by atoms with E-state index < -0.39 is 0 Å². The van der Waals surface area contributed by atoms with Gasteiger partial charge in [-0.3, -0.25) is 0 Å². The summed E-state index contributed by atoms with van der Waals surface area (Å²) in [6, 6.07) is 0. The number of allylic oxidation sites excluding steroid dienone is 1. The summed E-state index contributed by atoms with van der Waals surface area (Å²) in [7, 11) is 1.66. The molecular formula is C8H15O. The van der Waals surface area contributed by atoms with Crippen molar-refractivity contribution in [3.05, 3.63) is 19.3 Å². The maximum atomic E-state index is 4.88. The zero-order chi connectivity index (χ0) is 7.11. The van der Waals surface area contributed by atoms with Gasteiger partial charge in [-0.25, -0.2) is 0 Å². The van der Waals surface area contributed by atoms with Crippen LogP contribution in [0.15, 0.2) is 12.3 Å². The van der Waals surface area contributed by atoms with Crippen LogP contribution in [-0.4, -0.2) is 7.11 Å². The molecule has 0 aliphatic rings. The third kappa shape index (κ3) is 5.41. The van der Waals surface area contributed by atoms with E-state index in [4.69, 9.17) is 4.74 Å². The molecule has 0 aliphatic carbocycles. The van der Waals surface area contributed by atoms with Crippen LogP contribution in [0.4, 0.5) is 0 Å². The lowest BCUT2D eigenvalue weighted by Gasteiger charge is -2.01. The quantitative estimate of drug-likeness (QED) is 0.407. The first-order valence-electron chi connectivity index (χ1n) is 3.32. The molecule has 9 heavy (non-hydrogen) atoms. The molecule has 1 radical (unpaired) electrons. The summed E-state index contributed by atoms with van der Waals surface area (Å²) in [4.78, 5) is 0. The Morgan fingerprint density at radius 1 is 1.44 bits per heavy atom. The smallest absolute Gasteiger partial charge is 0.0883 e. The van der Waals surface area contributed by atoms with Crippen molar-refractivity contribution < 1.29 is 4.74 Å². The van der Waals surface area contributed by atoms with Crippen LogP contribution >= 0.6 is 0 Å². The lowest BCUT2D eigenvalue weighted by Crippen LogP contribution is -1.83. The lowest BCUT2D eigenvalue weighted by molar-refractivity contribution is 0.276. The topological polar surface area (TPSA) is 9.23 Å². The van der Waals surface area contributed by atoms with Crippen molar-refractivity contribution in [1.82, 2.24) is 0 Å². The minimum Gasteiger partial charge on any atom is -0.502 e. The molecule has 1 heteroatoms. The largest absolute Gasteiger partial charge is 0.502 e. The molecular weight excluding hydrogens is 112 g/mol. The van der Waals surface area contributed by atoms with E-state index >= 15 is 0 Å². The van der Waals surface area contributed by atoms with Crippen LogP contribution in [-0.2, 0) is 4.74 Å². The third-order valence-corrected chi connectivity index (χ3v) is 1.24. The van der Waals surface area contributed by atoms with Crippen LogP contribution in [0.2, 0.25) is 0 Å². The maximum absolute atomic E-state index is 4.88. The predicted molar refractivity (Wildman–Crippen MR) is 40.0 cm³/mol. The van der Waals surface area contributed by atoms with E-state index in [1.54, 1.807) is 7.11 Å². The fourth-order valence-electron chi connectivity index (χ4n) is 0.601. The van der Waals surface area contributed by atoms with E-state index in [1.165, 1.54) is 6.42 Å². The average molecular weight is 127 g/mol. The molecule has 0 amide bonds. The van der Waals surface area contributed by atoms with E-state index in [1.807, 2.05) is 0 Å². The first kappa shape index (κ1) is 8.54. The van der Waals surface area contributed by atoms with Gasteiger partial charge in [-0.2, -0.15) is 0 Å². The summed E-state index contributed by atoms with van der Waals surface area (Å²) in [5.41, 5.74) is 0. The third-order valence-electron chi connectivity index (χ3n) is 1.24. The monoisotopic (exact) mass is 127 g/mol. The molecule has 0 heterocycles. The highest BCUT2D eigenvalue weighted by Gasteiger charge is 1.89. The van der Waals surface area contributed by atoms with E-state index in [9.17, 15) is 0 Å². The molecule has 0 bridgehead atoms. The molecule has 0 fully saturated rings. The number of ether oxygens (including phenoxy) is 1. The van der Waals surface area contributed by atoms with Gasteiger partial charge in [-0.1, -0.05) is 26.3 Å². The minimum atomic E-state index is 0.878. The van der Waals surface area contributed by atoms with Gasteiger partial charge in [0.1, 0.15) is 0 Å². The van der Waals surface area contributed by atoms with Gasteiger partial charge in [0.25, 0.3) is 0 Å². The second-order valence-electron chi connectivity index (χ2n) is 2.05. The van der Waals surface area contributed by atoms with E-state index in [2.05, 4.69) is 13.5 Å². The molecule has 0 rings (SSSR count). The zero-order valence-corrected chi connectivity index (χ0v) is 6.15. The Kier molecular flexibility index (Phi) is 5.38. The molecule has 0 atom stereocenters. The van der Waals surface area contributed by atoms with Gasteiger partial charge in [-0.15, -0.1) is 0 Å². The standard InChI is InChI=1S/C8H15O/c1-4-5-6-7-8(2)9-3/h1-2,4-7H2,3H3. The summed E-state index contributed by atoms with van der Waals surface area (Å²) >= 11 is 0. The van der Waals surface area contributed by atoms with Crippen LogP contribution in [0.3, 0.4) is 0 Å². The van der Waals surface area contributed by atoms with Gasteiger partial charge < -0.3 is 4.74 Å². The molecule has 0 saturated carbocycles.